The Bertz CT molecular complexity index is 242. The van der Waals surface area contributed by atoms with Crippen molar-refractivity contribution in [1.29, 1.82) is 0 Å². The summed E-state index contributed by atoms with van der Waals surface area (Å²) in [6, 6.07) is 0. The van der Waals surface area contributed by atoms with Gasteiger partial charge in [-0.3, -0.25) is 0 Å². The smallest absolute Gasteiger partial charge is 0.0552 e. The summed E-state index contributed by atoms with van der Waals surface area (Å²) in [7, 11) is 0. The number of aliphatic hydroxyl groups excluding tert-OH is 1. The van der Waals surface area contributed by atoms with Crippen molar-refractivity contribution in [2.75, 3.05) is 38.6 Å². The molecular formula is C13H25NO2S. The highest BCUT2D eigenvalue weighted by atomic mass is 32.1. The number of thiol groups is 1. The van der Waals surface area contributed by atoms with E-state index in [0.717, 1.165) is 57.9 Å². The van der Waals surface area contributed by atoms with Gasteiger partial charge in [-0.1, -0.05) is 0 Å². The highest BCUT2D eigenvalue weighted by Gasteiger charge is 2.36. The lowest BCUT2D eigenvalue weighted by atomic mass is 9.81. The van der Waals surface area contributed by atoms with Crippen molar-refractivity contribution in [1.82, 2.24) is 4.90 Å². The van der Waals surface area contributed by atoms with Gasteiger partial charge in [0, 0.05) is 26.3 Å². The second-order valence-electron chi connectivity index (χ2n) is 5.79. The predicted molar refractivity (Wildman–Crippen MR) is 72.6 cm³/mol. The van der Waals surface area contributed by atoms with Crippen LogP contribution in [0.25, 0.3) is 0 Å². The monoisotopic (exact) mass is 259 g/mol. The molecule has 2 rings (SSSR count). The first-order valence-corrected chi connectivity index (χ1v) is 7.37. The zero-order valence-corrected chi connectivity index (χ0v) is 11.7. The van der Waals surface area contributed by atoms with E-state index in [1.165, 1.54) is 0 Å². The Balaban J connectivity index is 1.87. The zero-order chi connectivity index (χ0) is 12.3. The second kappa shape index (κ2) is 5.91. The first-order chi connectivity index (χ1) is 8.15. The minimum atomic E-state index is -0.165. The fourth-order valence-electron chi connectivity index (χ4n) is 3.04. The third-order valence-electron chi connectivity index (χ3n) is 4.44. The molecule has 0 aromatic carbocycles. The molecule has 0 aromatic heterocycles. The Hall–Kier alpha value is 0.230. The molecule has 0 bridgehead atoms. The van der Waals surface area contributed by atoms with Gasteiger partial charge >= 0.3 is 0 Å². The van der Waals surface area contributed by atoms with Crippen molar-refractivity contribution < 1.29 is 9.84 Å². The van der Waals surface area contributed by atoms with Crippen LogP contribution in [-0.2, 0) is 4.74 Å². The largest absolute Gasteiger partial charge is 0.393 e. The number of likely N-dealkylation sites (tertiary alicyclic amines) is 1. The van der Waals surface area contributed by atoms with Gasteiger partial charge in [0.25, 0.3) is 0 Å². The topological polar surface area (TPSA) is 32.7 Å². The van der Waals surface area contributed by atoms with Crippen LogP contribution in [0.3, 0.4) is 0 Å². The number of ether oxygens (including phenoxy) is 1. The number of nitrogens with zero attached hydrogens (tertiary/aromatic N) is 1. The number of hydrogen-bond donors (Lipinski definition) is 2. The molecule has 2 unspecified atom stereocenters. The minimum Gasteiger partial charge on any atom is -0.393 e. The molecule has 2 atom stereocenters. The number of rotatable bonds is 4. The molecular weight excluding hydrogens is 234 g/mol. The SMILES string of the molecule is CC(O)C1CCN(CC2(CS)CCOCC2)C1. The van der Waals surface area contributed by atoms with Gasteiger partial charge in [0.2, 0.25) is 0 Å². The van der Waals surface area contributed by atoms with Crippen LogP contribution in [0.1, 0.15) is 26.2 Å². The fourth-order valence-corrected chi connectivity index (χ4v) is 3.46. The lowest BCUT2D eigenvalue weighted by Gasteiger charge is -2.39. The molecule has 3 nitrogen and oxygen atoms in total. The maximum atomic E-state index is 9.64. The van der Waals surface area contributed by atoms with Crippen molar-refractivity contribution in [3.8, 4) is 0 Å². The maximum absolute atomic E-state index is 9.64. The van der Waals surface area contributed by atoms with Gasteiger partial charge < -0.3 is 14.7 Å². The summed E-state index contributed by atoms with van der Waals surface area (Å²) in [4.78, 5) is 2.51. The Morgan fingerprint density at radius 1 is 1.47 bits per heavy atom. The molecule has 0 radical (unpaired) electrons. The van der Waals surface area contributed by atoms with Crippen molar-refractivity contribution >= 4 is 12.6 Å². The van der Waals surface area contributed by atoms with Gasteiger partial charge in [-0.05, 0) is 49.8 Å². The van der Waals surface area contributed by atoms with Crippen LogP contribution in [0.2, 0.25) is 0 Å². The molecule has 1 N–H and O–H groups in total. The van der Waals surface area contributed by atoms with E-state index < -0.39 is 0 Å². The molecule has 2 fully saturated rings. The quantitative estimate of drug-likeness (QED) is 0.749. The third-order valence-corrected chi connectivity index (χ3v) is 5.11. The number of hydrogen-bond acceptors (Lipinski definition) is 4. The highest BCUT2D eigenvalue weighted by Crippen LogP contribution is 2.34. The van der Waals surface area contributed by atoms with E-state index in [1.54, 1.807) is 0 Å². The summed E-state index contributed by atoms with van der Waals surface area (Å²) in [5.41, 5.74) is 0.342. The second-order valence-corrected chi connectivity index (χ2v) is 6.11. The highest BCUT2D eigenvalue weighted by molar-refractivity contribution is 7.80. The van der Waals surface area contributed by atoms with Crippen LogP contribution in [0.15, 0.2) is 0 Å². The molecule has 0 aromatic rings. The van der Waals surface area contributed by atoms with Crippen LogP contribution in [-0.4, -0.2) is 54.7 Å². The molecule has 4 heteroatoms. The molecule has 2 heterocycles. The van der Waals surface area contributed by atoms with E-state index in [1.807, 2.05) is 6.92 Å². The summed E-state index contributed by atoms with van der Waals surface area (Å²) in [6.45, 7) is 6.99. The Labute approximate surface area is 110 Å². The average molecular weight is 259 g/mol. The summed E-state index contributed by atoms with van der Waals surface area (Å²) >= 11 is 4.55. The van der Waals surface area contributed by atoms with Crippen molar-refractivity contribution in [2.24, 2.45) is 11.3 Å². The molecule has 2 aliphatic rings. The molecule has 0 amide bonds. The molecule has 2 aliphatic heterocycles. The van der Waals surface area contributed by atoms with Crippen molar-refractivity contribution in [3.63, 3.8) is 0 Å². The Kier molecular flexibility index (Phi) is 4.75. The van der Waals surface area contributed by atoms with Crippen LogP contribution in [0.4, 0.5) is 0 Å². The Morgan fingerprint density at radius 2 is 2.18 bits per heavy atom. The lowest BCUT2D eigenvalue weighted by molar-refractivity contribution is 0.00961. The first-order valence-electron chi connectivity index (χ1n) is 6.74. The Morgan fingerprint density at radius 3 is 2.71 bits per heavy atom. The van der Waals surface area contributed by atoms with E-state index in [4.69, 9.17) is 4.74 Å². The standard InChI is InChI=1S/C13H25NO2S/c1-11(15)12-2-5-14(8-12)9-13(10-17)3-6-16-7-4-13/h11-12,15,17H,2-10H2,1H3. The maximum Gasteiger partial charge on any atom is 0.0552 e. The summed E-state index contributed by atoms with van der Waals surface area (Å²) < 4.78 is 5.46. The van der Waals surface area contributed by atoms with Gasteiger partial charge in [-0.25, -0.2) is 0 Å². The minimum absolute atomic E-state index is 0.165. The van der Waals surface area contributed by atoms with Gasteiger partial charge in [0.05, 0.1) is 6.10 Å². The van der Waals surface area contributed by atoms with E-state index in [9.17, 15) is 5.11 Å². The summed E-state index contributed by atoms with van der Waals surface area (Å²) in [5, 5.41) is 9.64. The molecule has 0 aliphatic carbocycles. The predicted octanol–water partition coefficient (Wildman–Crippen LogP) is 1.42. The summed E-state index contributed by atoms with van der Waals surface area (Å²) in [6.07, 6.45) is 3.23. The fraction of sp³-hybridized carbons (Fsp3) is 1.00. The van der Waals surface area contributed by atoms with E-state index >= 15 is 0 Å². The third kappa shape index (κ3) is 3.37. The lowest BCUT2D eigenvalue weighted by Crippen LogP contribution is -2.42. The normalized spacial score (nSPS) is 31.6. The van der Waals surface area contributed by atoms with E-state index in [-0.39, 0.29) is 6.10 Å². The van der Waals surface area contributed by atoms with Gasteiger partial charge in [0.1, 0.15) is 0 Å². The molecule has 2 saturated heterocycles. The van der Waals surface area contributed by atoms with Gasteiger partial charge in [-0.2, -0.15) is 12.6 Å². The van der Waals surface area contributed by atoms with Crippen LogP contribution in [0.5, 0.6) is 0 Å². The van der Waals surface area contributed by atoms with Gasteiger partial charge in [-0.15, -0.1) is 0 Å². The molecule has 17 heavy (non-hydrogen) atoms. The first kappa shape index (κ1) is 13.7. The zero-order valence-electron chi connectivity index (χ0n) is 10.8. The van der Waals surface area contributed by atoms with Crippen LogP contribution in [0, 0.1) is 11.3 Å². The summed E-state index contributed by atoms with van der Waals surface area (Å²) in [5.74, 6) is 1.42. The van der Waals surface area contributed by atoms with Gasteiger partial charge in [0.15, 0.2) is 0 Å². The molecule has 0 spiro atoms. The van der Waals surface area contributed by atoms with Crippen molar-refractivity contribution in [2.45, 2.75) is 32.3 Å². The number of aliphatic hydroxyl groups is 1. The van der Waals surface area contributed by atoms with Crippen LogP contribution >= 0.6 is 12.6 Å². The molecule has 100 valence electrons. The average Bonchev–Trinajstić information content (AvgIpc) is 2.79. The van der Waals surface area contributed by atoms with E-state index in [0.29, 0.717) is 11.3 Å². The molecule has 0 saturated carbocycles. The van der Waals surface area contributed by atoms with Crippen molar-refractivity contribution in [3.05, 3.63) is 0 Å². The van der Waals surface area contributed by atoms with Crippen LogP contribution < -0.4 is 0 Å². The van der Waals surface area contributed by atoms with E-state index in [2.05, 4.69) is 17.5 Å².